The minimum Gasteiger partial charge on any atom is -0.480 e. The number of hydrogen-bond acceptors (Lipinski definition) is 2. The number of carboxylic acids is 1. The number of urea groups is 1. The van der Waals surface area contributed by atoms with Gasteiger partial charge in [-0.3, -0.25) is 0 Å². The van der Waals surface area contributed by atoms with Gasteiger partial charge in [0.25, 0.3) is 0 Å². The maximum Gasteiger partial charge on any atom is 0.326 e. The number of amides is 2. The SMILES string of the molecule is CC(C)[C@H](NC(=O)Nc1cccc(F)c1F)C(=O)O. The lowest BCUT2D eigenvalue weighted by atomic mass is 10.1. The molecule has 19 heavy (non-hydrogen) atoms. The topological polar surface area (TPSA) is 78.4 Å². The second-order valence-corrected chi connectivity index (χ2v) is 4.26. The number of rotatable bonds is 4. The van der Waals surface area contributed by atoms with Crippen LogP contribution in [0.15, 0.2) is 18.2 Å². The number of halogens is 2. The van der Waals surface area contributed by atoms with Crippen molar-refractivity contribution in [1.29, 1.82) is 0 Å². The summed E-state index contributed by atoms with van der Waals surface area (Å²) >= 11 is 0. The number of carboxylic acid groups (broad SMARTS) is 1. The highest BCUT2D eigenvalue weighted by Crippen LogP contribution is 2.16. The van der Waals surface area contributed by atoms with Crippen LogP contribution in [-0.4, -0.2) is 23.1 Å². The van der Waals surface area contributed by atoms with Crippen LogP contribution in [-0.2, 0) is 4.79 Å². The number of benzene rings is 1. The van der Waals surface area contributed by atoms with Crippen LogP contribution in [0.25, 0.3) is 0 Å². The van der Waals surface area contributed by atoms with E-state index in [0.717, 1.165) is 6.07 Å². The predicted molar refractivity (Wildman–Crippen MR) is 64.8 cm³/mol. The molecule has 0 aliphatic heterocycles. The van der Waals surface area contributed by atoms with Crippen molar-refractivity contribution in [2.45, 2.75) is 19.9 Å². The Morgan fingerprint density at radius 3 is 2.42 bits per heavy atom. The molecule has 0 bridgehead atoms. The zero-order valence-electron chi connectivity index (χ0n) is 10.4. The molecule has 1 rings (SSSR count). The summed E-state index contributed by atoms with van der Waals surface area (Å²) in [5, 5.41) is 13.1. The van der Waals surface area contributed by atoms with E-state index in [9.17, 15) is 18.4 Å². The molecule has 0 saturated carbocycles. The Morgan fingerprint density at radius 2 is 1.89 bits per heavy atom. The van der Waals surface area contributed by atoms with Crippen LogP contribution in [0.4, 0.5) is 19.3 Å². The lowest BCUT2D eigenvalue weighted by Crippen LogP contribution is -2.46. The molecule has 5 nitrogen and oxygen atoms in total. The molecule has 0 spiro atoms. The maximum absolute atomic E-state index is 13.3. The second kappa shape index (κ2) is 6.12. The highest BCUT2D eigenvalue weighted by Gasteiger charge is 2.23. The number of carbonyl (C=O) groups excluding carboxylic acids is 1. The molecule has 3 N–H and O–H groups in total. The highest BCUT2D eigenvalue weighted by atomic mass is 19.2. The molecular formula is C12H14F2N2O3. The van der Waals surface area contributed by atoms with Gasteiger partial charge < -0.3 is 15.7 Å². The van der Waals surface area contributed by atoms with Gasteiger partial charge in [-0.25, -0.2) is 18.4 Å². The Kier molecular flexibility index (Phi) is 4.80. The first kappa shape index (κ1) is 14.9. The lowest BCUT2D eigenvalue weighted by Gasteiger charge is -2.18. The summed E-state index contributed by atoms with van der Waals surface area (Å²) in [7, 11) is 0. The number of carbonyl (C=O) groups is 2. The fourth-order valence-electron chi connectivity index (χ4n) is 1.41. The smallest absolute Gasteiger partial charge is 0.326 e. The van der Waals surface area contributed by atoms with Crippen molar-refractivity contribution in [3.8, 4) is 0 Å². The van der Waals surface area contributed by atoms with Gasteiger partial charge in [0.1, 0.15) is 6.04 Å². The van der Waals surface area contributed by atoms with E-state index in [4.69, 9.17) is 5.11 Å². The first-order valence-corrected chi connectivity index (χ1v) is 5.57. The van der Waals surface area contributed by atoms with Gasteiger partial charge in [0.2, 0.25) is 0 Å². The normalized spacial score (nSPS) is 12.1. The minimum absolute atomic E-state index is 0.347. The number of aliphatic carboxylic acids is 1. The van der Waals surface area contributed by atoms with E-state index in [1.165, 1.54) is 12.1 Å². The second-order valence-electron chi connectivity index (χ2n) is 4.26. The van der Waals surface area contributed by atoms with E-state index >= 15 is 0 Å². The summed E-state index contributed by atoms with van der Waals surface area (Å²) in [5.41, 5.74) is -0.356. The van der Waals surface area contributed by atoms with E-state index in [1.807, 2.05) is 0 Å². The molecule has 0 aliphatic rings. The Bertz CT molecular complexity index is 492. The molecule has 0 saturated heterocycles. The van der Waals surface area contributed by atoms with Gasteiger partial charge in [-0.15, -0.1) is 0 Å². The molecule has 0 aromatic heterocycles. The van der Waals surface area contributed by atoms with Gasteiger partial charge in [-0.1, -0.05) is 19.9 Å². The number of nitrogens with one attached hydrogen (secondary N) is 2. The summed E-state index contributed by atoms with van der Waals surface area (Å²) in [6.07, 6.45) is 0. The Balaban J connectivity index is 2.75. The fraction of sp³-hybridized carbons (Fsp3) is 0.333. The summed E-state index contributed by atoms with van der Waals surface area (Å²) in [6, 6.07) is 1.28. The molecule has 1 aromatic carbocycles. The van der Waals surface area contributed by atoms with E-state index in [2.05, 4.69) is 10.6 Å². The zero-order chi connectivity index (χ0) is 14.6. The first-order valence-electron chi connectivity index (χ1n) is 5.57. The summed E-state index contributed by atoms with van der Waals surface area (Å²) < 4.78 is 26.2. The third kappa shape index (κ3) is 3.90. The Morgan fingerprint density at radius 1 is 1.26 bits per heavy atom. The molecular weight excluding hydrogens is 258 g/mol. The van der Waals surface area contributed by atoms with Crippen LogP contribution in [0, 0.1) is 17.6 Å². The van der Waals surface area contributed by atoms with Gasteiger partial charge >= 0.3 is 12.0 Å². The zero-order valence-corrected chi connectivity index (χ0v) is 10.4. The summed E-state index contributed by atoms with van der Waals surface area (Å²) in [5.74, 6) is -3.85. The van der Waals surface area contributed by atoms with Gasteiger partial charge in [-0.05, 0) is 18.1 Å². The molecule has 104 valence electrons. The summed E-state index contributed by atoms with van der Waals surface area (Å²) in [4.78, 5) is 22.4. The van der Waals surface area contributed by atoms with Crippen LogP contribution < -0.4 is 10.6 Å². The maximum atomic E-state index is 13.3. The van der Waals surface area contributed by atoms with Crippen LogP contribution in [0.3, 0.4) is 0 Å². The standard InChI is InChI=1S/C12H14F2N2O3/c1-6(2)10(11(17)18)16-12(19)15-8-5-3-4-7(13)9(8)14/h3-6,10H,1-2H3,(H,17,18)(H2,15,16,19)/t10-/m0/s1. The molecule has 0 aliphatic carbocycles. The quantitative estimate of drug-likeness (QED) is 0.786. The van der Waals surface area contributed by atoms with Crippen LogP contribution >= 0.6 is 0 Å². The largest absolute Gasteiger partial charge is 0.480 e. The molecule has 0 fully saturated rings. The van der Waals surface area contributed by atoms with Gasteiger partial charge in [0, 0.05) is 0 Å². The van der Waals surface area contributed by atoms with Gasteiger partial charge in [0.05, 0.1) is 5.69 Å². The minimum atomic E-state index is -1.20. The average molecular weight is 272 g/mol. The number of hydrogen-bond donors (Lipinski definition) is 3. The Labute approximate surface area is 108 Å². The van der Waals surface area contributed by atoms with Crippen molar-refractivity contribution in [2.24, 2.45) is 5.92 Å². The molecule has 0 heterocycles. The average Bonchev–Trinajstić information content (AvgIpc) is 2.31. The number of anilines is 1. The molecule has 1 atom stereocenters. The van der Waals surface area contributed by atoms with Crippen molar-refractivity contribution >= 4 is 17.7 Å². The predicted octanol–water partition coefficient (Wildman–Crippen LogP) is 2.20. The Hall–Kier alpha value is -2.18. The third-order valence-electron chi connectivity index (χ3n) is 2.42. The highest BCUT2D eigenvalue weighted by molar-refractivity contribution is 5.92. The molecule has 2 amide bonds. The van der Waals surface area contributed by atoms with E-state index in [0.29, 0.717) is 0 Å². The van der Waals surface area contributed by atoms with E-state index < -0.39 is 29.7 Å². The van der Waals surface area contributed by atoms with Crippen molar-refractivity contribution in [3.05, 3.63) is 29.8 Å². The molecule has 0 radical (unpaired) electrons. The van der Waals surface area contributed by atoms with Crippen LogP contribution in [0.5, 0.6) is 0 Å². The molecule has 7 heteroatoms. The van der Waals surface area contributed by atoms with E-state index in [-0.39, 0.29) is 11.6 Å². The first-order chi connectivity index (χ1) is 8.82. The fourth-order valence-corrected chi connectivity index (χ4v) is 1.41. The van der Waals surface area contributed by atoms with Crippen molar-refractivity contribution < 1.29 is 23.5 Å². The third-order valence-corrected chi connectivity index (χ3v) is 2.42. The monoisotopic (exact) mass is 272 g/mol. The van der Waals surface area contributed by atoms with E-state index in [1.54, 1.807) is 13.8 Å². The van der Waals surface area contributed by atoms with Crippen molar-refractivity contribution in [3.63, 3.8) is 0 Å². The van der Waals surface area contributed by atoms with Gasteiger partial charge in [0.15, 0.2) is 11.6 Å². The van der Waals surface area contributed by atoms with Crippen molar-refractivity contribution in [1.82, 2.24) is 5.32 Å². The van der Waals surface area contributed by atoms with Gasteiger partial charge in [-0.2, -0.15) is 0 Å². The summed E-state index contributed by atoms with van der Waals surface area (Å²) in [6.45, 7) is 3.23. The molecule has 0 unspecified atom stereocenters. The molecule has 1 aromatic rings. The van der Waals surface area contributed by atoms with Crippen LogP contribution in [0.1, 0.15) is 13.8 Å². The lowest BCUT2D eigenvalue weighted by molar-refractivity contribution is -0.140. The van der Waals surface area contributed by atoms with Crippen molar-refractivity contribution in [2.75, 3.05) is 5.32 Å². The van der Waals surface area contributed by atoms with Crippen LogP contribution in [0.2, 0.25) is 0 Å².